The highest BCUT2D eigenvalue weighted by molar-refractivity contribution is 9.10. The molecule has 0 bridgehead atoms. The molecule has 0 atom stereocenters. The van der Waals surface area contributed by atoms with Crippen molar-refractivity contribution in [2.45, 2.75) is 0 Å². The minimum absolute atomic E-state index is 0.219. The average molecular weight is 208 g/mol. The van der Waals surface area contributed by atoms with Gasteiger partial charge >= 0.3 is 0 Å². The number of anilines is 1. The maximum absolute atomic E-state index is 7.16. The van der Waals surface area contributed by atoms with Crippen LogP contribution in [-0.2, 0) is 0 Å². The van der Waals surface area contributed by atoms with Gasteiger partial charge in [0, 0.05) is 22.2 Å². The summed E-state index contributed by atoms with van der Waals surface area (Å²) in [7, 11) is 0. The van der Waals surface area contributed by atoms with Crippen molar-refractivity contribution in [1.82, 2.24) is 10.2 Å². The van der Waals surface area contributed by atoms with E-state index in [0.717, 1.165) is 0 Å². The first-order chi connectivity index (χ1) is 7.12. The Kier molecular flexibility index (Phi) is 0.822. The highest BCUT2D eigenvalue weighted by atomic mass is 79.9. The van der Waals surface area contributed by atoms with Crippen molar-refractivity contribution in [3.05, 3.63) is 16.7 Å². The molecule has 54 valence electrons. The lowest BCUT2D eigenvalue weighted by Gasteiger charge is -2.08. The van der Waals surface area contributed by atoms with Crippen LogP contribution in [0.3, 0.4) is 0 Å². The third-order valence-electron chi connectivity index (χ3n) is 0.847. The van der Waals surface area contributed by atoms with Crippen LogP contribution in [0.5, 0.6) is 0 Å². The Hall–Kier alpha value is -0.640. The lowest BCUT2D eigenvalue weighted by Crippen LogP contribution is -2.10. The van der Waals surface area contributed by atoms with Crippen LogP contribution in [0.1, 0.15) is 8.22 Å². The molecule has 0 aliphatic heterocycles. The first kappa shape index (κ1) is 2.77. The molecule has 3 nitrogen and oxygen atoms in total. The van der Waals surface area contributed by atoms with Gasteiger partial charge in [-0.3, -0.25) is 0 Å². The maximum Gasteiger partial charge on any atom is 0.150 e. The van der Waals surface area contributed by atoms with E-state index in [9.17, 15) is 0 Å². The summed E-state index contributed by atoms with van der Waals surface area (Å²) >= 11 is 3.02. The quantitative estimate of drug-likeness (QED) is 0.696. The summed E-state index contributed by atoms with van der Waals surface area (Å²) in [5.41, 5.74) is 0. The molecular weight excluding hydrogens is 194 g/mol. The Balaban J connectivity index is 3.18. The van der Waals surface area contributed by atoms with Crippen LogP contribution in [0.25, 0.3) is 0 Å². The van der Waals surface area contributed by atoms with Crippen molar-refractivity contribution in [2.75, 3.05) is 18.9 Å². The van der Waals surface area contributed by atoms with Crippen LogP contribution in [0, 0.1) is 0 Å². The molecule has 0 saturated heterocycles. The normalized spacial score (nSPS) is 20.9. The Bertz CT molecular complexity index is 344. The molecule has 0 spiro atoms. The zero-order valence-electron chi connectivity index (χ0n) is 10.9. The van der Waals surface area contributed by atoms with E-state index in [-0.39, 0.29) is 10.7 Å². The smallest absolute Gasteiger partial charge is 0.150 e. The van der Waals surface area contributed by atoms with Gasteiger partial charge in [-0.25, -0.2) is 0 Å². The van der Waals surface area contributed by atoms with Crippen molar-refractivity contribution in [1.29, 1.82) is 0 Å². The van der Waals surface area contributed by atoms with E-state index in [2.05, 4.69) is 26.1 Å². The Labute approximate surface area is 76.6 Å². The summed E-state index contributed by atoms with van der Waals surface area (Å²) in [4.78, 5) is 0.277. The van der Waals surface area contributed by atoms with Gasteiger partial charge in [-0.15, -0.1) is 10.2 Å². The second-order valence-corrected chi connectivity index (χ2v) is 2.36. The van der Waals surface area contributed by atoms with E-state index < -0.39 is 14.0 Å². The zero-order valence-corrected chi connectivity index (χ0v) is 6.46. The molecule has 0 fully saturated rings. The molecule has 0 radical (unpaired) electrons. The van der Waals surface area contributed by atoms with Gasteiger partial charge in [-0.1, -0.05) is 0 Å². The van der Waals surface area contributed by atoms with E-state index in [1.165, 1.54) is 12.1 Å². The summed E-state index contributed by atoms with van der Waals surface area (Å²) in [6.07, 6.45) is 0. The van der Waals surface area contributed by atoms with Gasteiger partial charge in [-0.05, 0) is 28.1 Å². The highest BCUT2D eigenvalue weighted by Gasteiger charge is 1.94. The van der Waals surface area contributed by atoms with Crippen molar-refractivity contribution < 1.29 is 8.22 Å². The largest absolute Gasteiger partial charge is 0.361 e. The lowest BCUT2D eigenvalue weighted by atomic mass is 10.5. The molecule has 4 heteroatoms. The Morgan fingerprint density at radius 1 is 1.50 bits per heavy atom. The Morgan fingerprint density at radius 2 is 2.30 bits per heavy atom. The minimum Gasteiger partial charge on any atom is -0.361 e. The van der Waals surface area contributed by atoms with Gasteiger partial charge in [0.1, 0.15) is 4.60 Å². The van der Waals surface area contributed by atoms with E-state index in [4.69, 9.17) is 8.22 Å². The molecule has 10 heavy (non-hydrogen) atoms. The van der Waals surface area contributed by atoms with Gasteiger partial charge in [0.25, 0.3) is 0 Å². The van der Waals surface area contributed by atoms with E-state index >= 15 is 0 Å². The number of aromatic nitrogens is 2. The second-order valence-electron chi connectivity index (χ2n) is 1.55. The Morgan fingerprint density at radius 3 is 2.80 bits per heavy atom. The van der Waals surface area contributed by atoms with Gasteiger partial charge in [-0.2, -0.15) is 0 Å². The first-order valence-corrected chi connectivity index (χ1v) is 3.21. The van der Waals surface area contributed by atoms with Gasteiger partial charge in [0.15, 0.2) is 5.82 Å². The van der Waals surface area contributed by atoms with Crippen molar-refractivity contribution in [3.63, 3.8) is 0 Å². The molecule has 0 amide bonds. The SMILES string of the molecule is [2H]C([2H])([2H])N(c1ccc(Br)nn1)C([2H])([2H])[2H]. The number of halogens is 1. The molecule has 1 aromatic rings. The third kappa shape index (κ3) is 1.67. The number of hydrogen-bond donors (Lipinski definition) is 0. The molecule has 0 aliphatic rings. The molecule has 0 N–H and O–H groups in total. The topological polar surface area (TPSA) is 29.0 Å². The van der Waals surface area contributed by atoms with Crippen LogP contribution >= 0.6 is 15.9 Å². The third-order valence-corrected chi connectivity index (χ3v) is 1.27. The highest BCUT2D eigenvalue weighted by Crippen LogP contribution is 2.08. The molecule has 0 unspecified atom stereocenters. The lowest BCUT2D eigenvalue weighted by molar-refractivity contribution is 0.949. The monoisotopic (exact) mass is 207 g/mol. The number of hydrogen-bond acceptors (Lipinski definition) is 3. The summed E-state index contributed by atoms with van der Waals surface area (Å²) in [6, 6.07) is 2.70. The standard InChI is InChI=1S/C6H8BrN3/c1-10(2)6-4-3-5(7)8-9-6/h3-4H,1-2H3/i1D3,2D3. The van der Waals surface area contributed by atoms with Crippen molar-refractivity contribution >= 4 is 21.7 Å². The minimum atomic E-state index is -2.80. The fraction of sp³-hybridized carbons (Fsp3) is 0.333. The summed E-state index contributed by atoms with van der Waals surface area (Å²) < 4.78 is 43.3. The van der Waals surface area contributed by atoms with E-state index in [0.29, 0.717) is 4.60 Å². The molecule has 0 saturated carbocycles. The fourth-order valence-corrected chi connectivity index (χ4v) is 0.640. The molecule has 1 aromatic heterocycles. The van der Waals surface area contributed by atoms with Crippen LogP contribution < -0.4 is 4.90 Å². The van der Waals surface area contributed by atoms with Gasteiger partial charge < -0.3 is 4.90 Å². The predicted molar refractivity (Wildman–Crippen MR) is 44.1 cm³/mol. The van der Waals surface area contributed by atoms with Crippen molar-refractivity contribution in [2.24, 2.45) is 0 Å². The zero-order chi connectivity index (χ0) is 12.6. The van der Waals surface area contributed by atoms with Gasteiger partial charge in [0.2, 0.25) is 0 Å². The molecule has 0 aliphatic carbocycles. The molecular formula is C6H8BrN3. The van der Waals surface area contributed by atoms with Crippen LogP contribution in [-0.4, -0.2) is 24.1 Å². The maximum atomic E-state index is 7.16. The van der Waals surface area contributed by atoms with Gasteiger partial charge in [0.05, 0.1) is 0 Å². The number of nitrogens with zero attached hydrogens (tertiary/aromatic N) is 3. The molecule has 1 heterocycles. The summed E-state index contributed by atoms with van der Waals surface area (Å²) in [5.74, 6) is -0.219. The summed E-state index contributed by atoms with van der Waals surface area (Å²) in [5, 5.41) is 7.07. The summed E-state index contributed by atoms with van der Waals surface area (Å²) in [6.45, 7) is -5.60. The average Bonchev–Trinajstić information content (AvgIpc) is 2.03. The van der Waals surface area contributed by atoms with Crippen LogP contribution in [0.15, 0.2) is 16.7 Å². The first-order valence-electron chi connectivity index (χ1n) is 5.42. The van der Waals surface area contributed by atoms with Crippen molar-refractivity contribution in [3.8, 4) is 0 Å². The second kappa shape index (κ2) is 2.96. The fourth-order valence-electron chi connectivity index (χ4n) is 0.428. The predicted octanol–water partition coefficient (Wildman–Crippen LogP) is 1.31. The number of rotatable bonds is 1. The van der Waals surface area contributed by atoms with E-state index in [1.807, 2.05) is 0 Å². The van der Waals surface area contributed by atoms with Crippen LogP contribution in [0.2, 0.25) is 0 Å². The van der Waals surface area contributed by atoms with E-state index in [1.54, 1.807) is 0 Å². The van der Waals surface area contributed by atoms with Crippen LogP contribution in [0.4, 0.5) is 5.82 Å². The molecule has 1 rings (SSSR count). The molecule has 0 aromatic carbocycles.